The summed E-state index contributed by atoms with van der Waals surface area (Å²) in [6.07, 6.45) is 0.846. The van der Waals surface area contributed by atoms with Crippen molar-refractivity contribution in [3.63, 3.8) is 0 Å². The minimum atomic E-state index is -0.345. The Bertz CT molecular complexity index is 278. The van der Waals surface area contributed by atoms with Gasteiger partial charge in [-0.2, -0.15) is 0 Å². The summed E-state index contributed by atoms with van der Waals surface area (Å²) in [4.78, 5) is 10.8. The summed E-state index contributed by atoms with van der Waals surface area (Å²) < 4.78 is 0. The zero-order chi connectivity index (χ0) is 8.27. The van der Waals surface area contributed by atoms with Gasteiger partial charge in [-0.25, -0.2) is 0 Å². The molecule has 0 saturated heterocycles. The molecule has 1 rings (SSSR count). The van der Waals surface area contributed by atoms with Crippen molar-refractivity contribution in [1.82, 2.24) is 0 Å². The fourth-order valence-corrected chi connectivity index (χ4v) is 1.07. The Morgan fingerprint density at radius 2 is 2.08 bits per heavy atom. The summed E-state index contributed by atoms with van der Waals surface area (Å²) >= 11 is 0. The van der Waals surface area contributed by atoms with Crippen LogP contribution in [0.3, 0.4) is 0 Å². The molecule has 3 heteroatoms. The Morgan fingerprint density at radius 1 is 1.50 bits per heavy atom. The van der Waals surface area contributed by atoms with E-state index in [4.69, 9.17) is 5.73 Å². The van der Waals surface area contributed by atoms with Gasteiger partial charge < -0.3 is 7.16 Å². The second-order valence-corrected chi connectivity index (χ2v) is 2.37. The molecule has 60 valence electrons. The van der Waals surface area contributed by atoms with E-state index in [9.17, 15) is 4.79 Å². The topological polar surface area (TPSA) is 43.1 Å². The molecule has 2 nitrogen and oxygen atoms in total. The first kappa shape index (κ1) is 11.3. The largest absolute Gasteiger partial charge is 1.00 e. The van der Waals surface area contributed by atoms with Crippen LogP contribution in [0.25, 0.3) is 0 Å². The van der Waals surface area contributed by atoms with Crippen LogP contribution in [-0.4, -0.2) is 5.91 Å². The van der Waals surface area contributed by atoms with Crippen LogP contribution >= 0.6 is 0 Å². The van der Waals surface area contributed by atoms with Crippen LogP contribution in [0.2, 0.25) is 0 Å². The van der Waals surface area contributed by atoms with Crippen molar-refractivity contribution in [1.29, 1.82) is 0 Å². The molecule has 0 bridgehead atoms. The van der Waals surface area contributed by atoms with Crippen molar-refractivity contribution >= 4 is 5.91 Å². The van der Waals surface area contributed by atoms with E-state index in [1.54, 1.807) is 6.07 Å². The Morgan fingerprint density at radius 3 is 2.50 bits per heavy atom. The first-order chi connectivity index (χ1) is 5.25. The molecular formula is C9H12LiNO. The molecule has 1 amide bonds. The zero-order valence-electron chi connectivity index (χ0n) is 8.50. The molecule has 0 saturated carbocycles. The van der Waals surface area contributed by atoms with Gasteiger partial charge >= 0.3 is 18.9 Å². The Kier molecular flexibility index (Phi) is 4.73. The third-order valence-corrected chi connectivity index (χ3v) is 1.66. The molecular weight excluding hydrogens is 145 g/mol. The zero-order valence-corrected chi connectivity index (χ0v) is 7.50. The molecule has 1 aromatic carbocycles. The van der Waals surface area contributed by atoms with Gasteiger partial charge in [-0.05, 0) is 18.1 Å². The van der Waals surface area contributed by atoms with E-state index in [1.165, 1.54) is 0 Å². The number of primary amides is 1. The summed E-state index contributed by atoms with van der Waals surface area (Å²) in [5.41, 5.74) is 6.80. The predicted molar refractivity (Wildman–Crippen MR) is 45.4 cm³/mol. The monoisotopic (exact) mass is 157 g/mol. The molecule has 2 N–H and O–H groups in total. The molecule has 0 aliphatic carbocycles. The Labute approximate surface area is 85.8 Å². The molecule has 1 aromatic rings. The normalized spacial score (nSPS) is 8.75. The number of benzene rings is 1. The number of rotatable bonds is 2. The fourth-order valence-electron chi connectivity index (χ4n) is 1.07. The maximum Gasteiger partial charge on any atom is 1.00 e. The predicted octanol–water partition coefficient (Wildman–Crippen LogP) is -1.54. The van der Waals surface area contributed by atoms with Crippen LogP contribution in [0, 0.1) is 0 Å². The van der Waals surface area contributed by atoms with Gasteiger partial charge in [0.25, 0.3) is 0 Å². The Hall–Kier alpha value is -0.713. The number of aryl methyl sites for hydroxylation is 1. The minimum Gasteiger partial charge on any atom is -1.00 e. The van der Waals surface area contributed by atoms with Crippen molar-refractivity contribution in [3.8, 4) is 0 Å². The molecule has 0 fully saturated rings. The molecule has 0 aliphatic rings. The average Bonchev–Trinajstić information content (AvgIpc) is 2.04. The van der Waals surface area contributed by atoms with E-state index in [0.717, 1.165) is 12.0 Å². The van der Waals surface area contributed by atoms with Gasteiger partial charge in [0.1, 0.15) is 0 Å². The van der Waals surface area contributed by atoms with Crippen LogP contribution in [-0.2, 0) is 6.42 Å². The van der Waals surface area contributed by atoms with E-state index in [-0.39, 0.29) is 26.2 Å². The number of carbonyl (C=O) groups excluding carboxylic acids is 1. The first-order valence-electron chi connectivity index (χ1n) is 3.63. The smallest absolute Gasteiger partial charge is 1.00 e. The number of carbonyl (C=O) groups is 1. The maximum atomic E-state index is 10.8. The van der Waals surface area contributed by atoms with Crippen molar-refractivity contribution in [2.75, 3.05) is 0 Å². The van der Waals surface area contributed by atoms with Gasteiger partial charge in [0.05, 0.1) is 0 Å². The van der Waals surface area contributed by atoms with Gasteiger partial charge in [0.2, 0.25) is 5.91 Å². The van der Waals surface area contributed by atoms with Crippen molar-refractivity contribution in [3.05, 3.63) is 35.4 Å². The standard InChI is InChI=1S/C9H11NO.Li.H/c1-2-7-5-3-4-6-8(7)9(10)11;;/h3-6H,2H2,1H3,(H2,10,11);;/q;+1;-1. The second-order valence-electron chi connectivity index (χ2n) is 2.37. The summed E-state index contributed by atoms with van der Waals surface area (Å²) in [5.74, 6) is -0.345. The molecule has 0 unspecified atom stereocenters. The van der Waals surface area contributed by atoms with Gasteiger partial charge in [-0.15, -0.1) is 0 Å². The second kappa shape index (κ2) is 5.03. The van der Waals surface area contributed by atoms with E-state index < -0.39 is 0 Å². The van der Waals surface area contributed by atoms with Crippen LogP contribution in [0.1, 0.15) is 24.3 Å². The van der Waals surface area contributed by atoms with Crippen LogP contribution < -0.4 is 24.6 Å². The first-order valence-corrected chi connectivity index (χ1v) is 3.63. The number of amides is 1. The maximum absolute atomic E-state index is 10.8. The molecule has 0 atom stereocenters. The number of hydrogen-bond acceptors (Lipinski definition) is 1. The van der Waals surface area contributed by atoms with E-state index >= 15 is 0 Å². The van der Waals surface area contributed by atoms with E-state index in [0.29, 0.717) is 5.56 Å². The van der Waals surface area contributed by atoms with Gasteiger partial charge in [-0.1, -0.05) is 25.1 Å². The Balaban J connectivity index is 0. The molecule has 12 heavy (non-hydrogen) atoms. The molecule has 0 aliphatic heterocycles. The summed E-state index contributed by atoms with van der Waals surface area (Å²) in [6, 6.07) is 7.39. The van der Waals surface area contributed by atoms with Gasteiger partial charge in [0.15, 0.2) is 0 Å². The number of hydrogen-bond donors (Lipinski definition) is 1. The van der Waals surface area contributed by atoms with E-state index in [2.05, 4.69) is 0 Å². The fraction of sp³-hybridized carbons (Fsp3) is 0.222. The van der Waals surface area contributed by atoms with Crippen molar-refractivity contribution in [2.24, 2.45) is 5.73 Å². The number of nitrogens with two attached hydrogens (primary N) is 1. The van der Waals surface area contributed by atoms with Crippen molar-refractivity contribution < 1.29 is 25.1 Å². The molecule has 0 radical (unpaired) electrons. The van der Waals surface area contributed by atoms with Crippen LogP contribution in [0.4, 0.5) is 0 Å². The van der Waals surface area contributed by atoms with E-state index in [1.807, 2.05) is 25.1 Å². The third kappa shape index (κ3) is 2.40. The quantitative estimate of drug-likeness (QED) is 0.520. The molecule has 0 aromatic heterocycles. The molecule has 0 spiro atoms. The SMILES string of the molecule is CCc1ccccc1C(N)=O.[H-].[Li+]. The summed E-state index contributed by atoms with van der Waals surface area (Å²) in [7, 11) is 0. The van der Waals surface area contributed by atoms with Crippen LogP contribution in [0.5, 0.6) is 0 Å². The van der Waals surface area contributed by atoms with Gasteiger partial charge in [-0.3, -0.25) is 4.79 Å². The van der Waals surface area contributed by atoms with Crippen molar-refractivity contribution in [2.45, 2.75) is 13.3 Å². The summed E-state index contributed by atoms with van der Waals surface area (Å²) in [6.45, 7) is 2.00. The summed E-state index contributed by atoms with van der Waals surface area (Å²) in [5, 5.41) is 0. The average molecular weight is 157 g/mol. The third-order valence-electron chi connectivity index (χ3n) is 1.66. The molecule has 0 heterocycles. The van der Waals surface area contributed by atoms with Crippen LogP contribution in [0.15, 0.2) is 24.3 Å². The minimum absolute atomic E-state index is 0. The van der Waals surface area contributed by atoms with Gasteiger partial charge in [0, 0.05) is 5.56 Å².